The van der Waals surface area contributed by atoms with Gasteiger partial charge in [0, 0.05) is 18.1 Å². The number of benzene rings is 2. The molecule has 2 aromatic carbocycles. The second-order valence-corrected chi connectivity index (χ2v) is 10.3. The van der Waals surface area contributed by atoms with Gasteiger partial charge in [0.15, 0.2) is 0 Å². The molecule has 0 aliphatic rings. The van der Waals surface area contributed by atoms with Crippen LogP contribution < -0.4 is 0 Å². The summed E-state index contributed by atoms with van der Waals surface area (Å²) in [5.74, 6) is 0.367. The summed E-state index contributed by atoms with van der Waals surface area (Å²) in [5, 5.41) is 0.447. The van der Waals surface area contributed by atoms with Crippen LogP contribution in [0.5, 0.6) is 0 Å². The van der Waals surface area contributed by atoms with Crippen LogP contribution in [-0.2, 0) is 27.9 Å². The van der Waals surface area contributed by atoms with Gasteiger partial charge in [-0.3, -0.25) is 4.79 Å². The Morgan fingerprint density at radius 3 is 2.25 bits per heavy atom. The molecule has 0 spiro atoms. The number of nitrogens with zero attached hydrogens (tertiary/aromatic N) is 2. The van der Waals surface area contributed by atoms with Crippen molar-refractivity contribution in [1.29, 1.82) is 0 Å². The van der Waals surface area contributed by atoms with Crippen LogP contribution >= 0.6 is 11.6 Å². The Kier molecular flexibility index (Phi) is 8.12. The lowest BCUT2D eigenvalue weighted by Crippen LogP contribution is -2.43. The highest BCUT2D eigenvalue weighted by Crippen LogP contribution is 2.20. The molecular weight excluding hydrogens is 448 g/mol. The van der Waals surface area contributed by atoms with Gasteiger partial charge in [0.2, 0.25) is 15.9 Å². The first-order valence-electron chi connectivity index (χ1n) is 10.4. The zero-order valence-electron chi connectivity index (χ0n) is 18.1. The lowest BCUT2D eigenvalue weighted by Gasteiger charge is -2.28. The summed E-state index contributed by atoms with van der Waals surface area (Å²) in [6, 6.07) is 19.1. The largest absolute Gasteiger partial charge is 0.467 e. The predicted octanol–water partition coefficient (Wildman–Crippen LogP) is 4.81. The number of sulfonamides is 1. The SMILES string of the molecule is CC(C)CN(CC(=O)N(Cc1ccccc1)Cc1ccco1)S(=O)(=O)c1ccc(Cl)cc1. The highest BCUT2D eigenvalue weighted by molar-refractivity contribution is 7.89. The van der Waals surface area contributed by atoms with Gasteiger partial charge in [-0.15, -0.1) is 0 Å². The first kappa shape index (κ1) is 24.0. The molecule has 0 aliphatic carbocycles. The highest BCUT2D eigenvalue weighted by atomic mass is 35.5. The molecule has 0 radical (unpaired) electrons. The Hall–Kier alpha value is -2.61. The van der Waals surface area contributed by atoms with Crippen LogP contribution in [0.1, 0.15) is 25.2 Å². The van der Waals surface area contributed by atoms with Crippen LogP contribution in [0, 0.1) is 5.92 Å². The predicted molar refractivity (Wildman–Crippen MR) is 124 cm³/mol. The van der Waals surface area contributed by atoms with E-state index in [9.17, 15) is 13.2 Å². The van der Waals surface area contributed by atoms with E-state index in [-0.39, 0.29) is 36.4 Å². The van der Waals surface area contributed by atoms with Crippen molar-refractivity contribution in [2.45, 2.75) is 31.8 Å². The van der Waals surface area contributed by atoms with Gasteiger partial charge in [0.1, 0.15) is 5.76 Å². The number of hydrogen-bond donors (Lipinski definition) is 0. The van der Waals surface area contributed by atoms with E-state index >= 15 is 0 Å². The molecule has 0 N–H and O–H groups in total. The maximum Gasteiger partial charge on any atom is 0.243 e. The van der Waals surface area contributed by atoms with E-state index in [1.54, 1.807) is 23.3 Å². The number of hydrogen-bond acceptors (Lipinski definition) is 4. The zero-order chi connectivity index (χ0) is 23.1. The molecule has 8 heteroatoms. The molecule has 170 valence electrons. The van der Waals surface area contributed by atoms with Gasteiger partial charge in [-0.05, 0) is 47.9 Å². The van der Waals surface area contributed by atoms with Crippen LogP contribution in [0.3, 0.4) is 0 Å². The minimum absolute atomic E-state index is 0.0394. The summed E-state index contributed by atoms with van der Waals surface area (Å²) in [6.45, 7) is 4.38. The molecule has 0 aliphatic heterocycles. The van der Waals surface area contributed by atoms with Crippen molar-refractivity contribution < 1.29 is 17.6 Å². The molecule has 0 fully saturated rings. The molecule has 0 atom stereocenters. The summed E-state index contributed by atoms with van der Waals surface area (Å²) in [6.07, 6.45) is 1.55. The molecule has 0 saturated heterocycles. The Labute approximate surface area is 194 Å². The highest BCUT2D eigenvalue weighted by Gasteiger charge is 2.29. The van der Waals surface area contributed by atoms with Gasteiger partial charge in [0.05, 0.1) is 24.2 Å². The molecule has 1 heterocycles. The van der Waals surface area contributed by atoms with Crippen LogP contribution in [0.4, 0.5) is 0 Å². The van der Waals surface area contributed by atoms with Gasteiger partial charge >= 0.3 is 0 Å². The third-order valence-corrected chi connectivity index (χ3v) is 6.91. The number of carbonyl (C=O) groups excluding carboxylic acids is 1. The third-order valence-electron chi connectivity index (χ3n) is 4.83. The van der Waals surface area contributed by atoms with Crippen molar-refractivity contribution in [2.24, 2.45) is 5.92 Å². The minimum Gasteiger partial charge on any atom is -0.467 e. The monoisotopic (exact) mass is 474 g/mol. The van der Waals surface area contributed by atoms with E-state index in [0.29, 0.717) is 17.3 Å². The first-order chi connectivity index (χ1) is 15.3. The molecule has 0 unspecified atom stereocenters. The van der Waals surface area contributed by atoms with Crippen LogP contribution in [0.15, 0.2) is 82.3 Å². The lowest BCUT2D eigenvalue weighted by molar-refractivity contribution is -0.133. The molecule has 3 rings (SSSR count). The third kappa shape index (κ3) is 6.45. The van der Waals surface area contributed by atoms with Crippen LogP contribution in [0.2, 0.25) is 5.02 Å². The maximum atomic E-state index is 13.4. The molecule has 1 amide bonds. The normalized spacial score (nSPS) is 11.8. The van der Waals surface area contributed by atoms with Gasteiger partial charge < -0.3 is 9.32 Å². The molecule has 6 nitrogen and oxygen atoms in total. The van der Waals surface area contributed by atoms with Gasteiger partial charge in [-0.1, -0.05) is 55.8 Å². The summed E-state index contributed by atoms with van der Waals surface area (Å²) < 4.78 is 33.3. The number of rotatable bonds is 10. The summed E-state index contributed by atoms with van der Waals surface area (Å²) >= 11 is 5.92. The van der Waals surface area contributed by atoms with Crippen LogP contribution in [-0.4, -0.2) is 36.6 Å². The number of halogens is 1. The molecule has 0 bridgehead atoms. The second kappa shape index (κ2) is 10.8. The van der Waals surface area contributed by atoms with Crippen molar-refractivity contribution in [3.05, 3.63) is 89.3 Å². The zero-order valence-corrected chi connectivity index (χ0v) is 19.7. The molecule has 0 saturated carbocycles. The van der Waals surface area contributed by atoms with E-state index in [0.717, 1.165) is 5.56 Å². The van der Waals surface area contributed by atoms with E-state index in [1.807, 2.05) is 44.2 Å². The molecule has 1 aromatic heterocycles. The summed E-state index contributed by atoms with van der Waals surface area (Å²) in [7, 11) is -3.87. The van der Waals surface area contributed by atoms with E-state index < -0.39 is 10.0 Å². The van der Waals surface area contributed by atoms with Crippen LogP contribution in [0.25, 0.3) is 0 Å². The van der Waals surface area contributed by atoms with Gasteiger partial charge in [0.25, 0.3) is 0 Å². The van der Waals surface area contributed by atoms with Gasteiger partial charge in [-0.2, -0.15) is 4.31 Å². The average molecular weight is 475 g/mol. The smallest absolute Gasteiger partial charge is 0.243 e. The average Bonchev–Trinajstić information content (AvgIpc) is 3.26. The summed E-state index contributed by atoms with van der Waals surface area (Å²) in [4.78, 5) is 15.1. The first-order valence-corrected chi connectivity index (χ1v) is 12.2. The van der Waals surface area contributed by atoms with E-state index in [1.165, 1.54) is 28.6 Å². The Morgan fingerprint density at radius 1 is 0.969 bits per heavy atom. The van der Waals surface area contributed by atoms with E-state index in [2.05, 4.69) is 0 Å². The Morgan fingerprint density at radius 2 is 1.66 bits per heavy atom. The number of amides is 1. The quantitative estimate of drug-likeness (QED) is 0.423. The minimum atomic E-state index is -3.87. The fraction of sp³-hybridized carbons (Fsp3) is 0.292. The second-order valence-electron chi connectivity index (χ2n) is 7.96. The van der Waals surface area contributed by atoms with Crippen molar-refractivity contribution >= 4 is 27.5 Å². The molecular formula is C24H27ClN2O4S. The summed E-state index contributed by atoms with van der Waals surface area (Å²) in [5.41, 5.74) is 0.948. The van der Waals surface area contributed by atoms with Crippen molar-refractivity contribution in [3.8, 4) is 0 Å². The van der Waals surface area contributed by atoms with E-state index in [4.69, 9.17) is 16.0 Å². The van der Waals surface area contributed by atoms with Crippen molar-refractivity contribution in [3.63, 3.8) is 0 Å². The molecule has 3 aromatic rings. The number of carbonyl (C=O) groups is 1. The Bertz CT molecular complexity index is 1100. The van der Waals surface area contributed by atoms with Crippen molar-refractivity contribution in [2.75, 3.05) is 13.1 Å². The van der Waals surface area contributed by atoms with Gasteiger partial charge in [-0.25, -0.2) is 8.42 Å². The standard InChI is InChI=1S/C24H27ClN2O4S/c1-19(2)15-27(32(29,30)23-12-10-21(25)11-13-23)18-24(28)26(17-22-9-6-14-31-22)16-20-7-4-3-5-8-20/h3-14,19H,15-18H2,1-2H3. The Balaban J connectivity index is 1.86. The number of furan rings is 1. The fourth-order valence-corrected chi connectivity index (χ4v) is 4.97. The topological polar surface area (TPSA) is 70.8 Å². The van der Waals surface area contributed by atoms with Crippen molar-refractivity contribution in [1.82, 2.24) is 9.21 Å². The fourth-order valence-electron chi connectivity index (χ4n) is 3.29. The molecule has 32 heavy (non-hydrogen) atoms. The lowest BCUT2D eigenvalue weighted by atomic mass is 10.2. The maximum absolute atomic E-state index is 13.4.